The van der Waals surface area contributed by atoms with Crippen LogP contribution in [0.2, 0.25) is 0 Å². The highest BCUT2D eigenvalue weighted by molar-refractivity contribution is 9.09. The van der Waals surface area contributed by atoms with E-state index in [1.54, 1.807) is 12.1 Å². The van der Waals surface area contributed by atoms with E-state index in [1.165, 1.54) is 5.56 Å². The number of alkyl halides is 1. The first-order chi connectivity index (χ1) is 7.34. The maximum Gasteiger partial charge on any atom is 0.123 e. The van der Waals surface area contributed by atoms with Crippen LogP contribution in [0.4, 0.5) is 4.39 Å². The second-order valence-electron chi connectivity index (χ2n) is 4.96. The lowest BCUT2D eigenvalue weighted by atomic mass is 9.87. The summed E-state index contributed by atoms with van der Waals surface area (Å²) in [5.74, 6) is 0.992. The Labute approximate surface area is 106 Å². The number of benzene rings is 1. The van der Waals surface area contributed by atoms with Gasteiger partial charge >= 0.3 is 0 Å². The third kappa shape index (κ3) is 2.85. The van der Waals surface area contributed by atoms with E-state index >= 15 is 0 Å². The molecule has 0 aliphatic carbocycles. The van der Waals surface area contributed by atoms with Gasteiger partial charge in [-0.05, 0) is 54.5 Å². The topological polar surface area (TPSA) is 0 Å². The fourth-order valence-electron chi connectivity index (χ4n) is 1.96. The maximum absolute atomic E-state index is 13.2. The summed E-state index contributed by atoms with van der Waals surface area (Å²) >= 11 is 3.76. The second-order valence-corrected chi connectivity index (χ2v) is 5.94. The van der Waals surface area contributed by atoms with Crippen LogP contribution in [0.1, 0.15) is 42.3 Å². The third-order valence-electron chi connectivity index (χ3n) is 3.35. The average molecular weight is 287 g/mol. The molecule has 0 saturated heterocycles. The summed E-state index contributed by atoms with van der Waals surface area (Å²) in [6.07, 6.45) is 0. The highest BCUT2D eigenvalue weighted by atomic mass is 79.9. The molecule has 0 nitrogen and oxygen atoms in total. The van der Waals surface area contributed by atoms with E-state index in [1.807, 2.05) is 13.8 Å². The standard InChI is InChI=1S/C14H20BrF/c1-8(2)11(5)14(15)13-9(3)6-12(16)7-10(13)4/h6-8,11,14H,1-5H3. The van der Waals surface area contributed by atoms with Gasteiger partial charge in [0.05, 0.1) is 0 Å². The van der Waals surface area contributed by atoms with Gasteiger partial charge in [0.2, 0.25) is 0 Å². The molecule has 16 heavy (non-hydrogen) atoms. The van der Waals surface area contributed by atoms with Crippen LogP contribution < -0.4 is 0 Å². The molecular weight excluding hydrogens is 267 g/mol. The molecule has 0 amide bonds. The summed E-state index contributed by atoms with van der Waals surface area (Å²) in [5, 5.41) is 0. The third-order valence-corrected chi connectivity index (χ3v) is 4.64. The Hall–Kier alpha value is -0.370. The number of aryl methyl sites for hydroxylation is 2. The molecule has 0 radical (unpaired) electrons. The van der Waals surface area contributed by atoms with Gasteiger partial charge in [0, 0.05) is 4.83 Å². The Morgan fingerprint density at radius 3 is 1.88 bits per heavy atom. The Morgan fingerprint density at radius 1 is 1.06 bits per heavy atom. The summed E-state index contributed by atoms with van der Waals surface area (Å²) in [4.78, 5) is 0.299. The Bertz CT molecular complexity index is 348. The van der Waals surface area contributed by atoms with E-state index in [2.05, 4.69) is 36.7 Å². The monoisotopic (exact) mass is 286 g/mol. The van der Waals surface area contributed by atoms with Gasteiger partial charge in [0.25, 0.3) is 0 Å². The number of halogens is 2. The molecule has 2 atom stereocenters. The predicted octanol–water partition coefficient (Wildman–Crippen LogP) is 5.17. The minimum absolute atomic E-state index is 0.143. The van der Waals surface area contributed by atoms with Gasteiger partial charge in [-0.1, -0.05) is 36.7 Å². The predicted molar refractivity (Wildman–Crippen MR) is 71.5 cm³/mol. The van der Waals surface area contributed by atoms with Crippen LogP contribution >= 0.6 is 15.9 Å². The van der Waals surface area contributed by atoms with Crippen LogP contribution in [0.15, 0.2) is 12.1 Å². The summed E-state index contributed by atoms with van der Waals surface area (Å²) in [6, 6.07) is 3.23. The number of hydrogen-bond acceptors (Lipinski definition) is 0. The van der Waals surface area contributed by atoms with E-state index < -0.39 is 0 Å². The van der Waals surface area contributed by atoms with Crippen molar-refractivity contribution in [3.05, 3.63) is 34.6 Å². The summed E-state index contributed by atoms with van der Waals surface area (Å²) in [6.45, 7) is 10.6. The van der Waals surface area contributed by atoms with Crippen LogP contribution in [0.25, 0.3) is 0 Å². The Balaban J connectivity index is 3.13. The smallest absolute Gasteiger partial charge is 0.123 e. The molecule has 0 bridgehead atoms. The van der Waals surface area contributed by atoms with Crippen molar-refractivity contribution in [2.75, 3.05) is 0 Å². The minimum Gasteiger partial charge on any atom is -0.207 e. The molecule has 0 aromatic heterocycles. The molecule has 1 aromatic rings. The molecule has 0 heterocycles. The van der Waals surface area contributed by atoms with E-state index in [0.717, 1.165) is 11.1 Å². The van der Waals surface area contributed by atoms with Crippen LogP contribution in [-0.4, -0.2) is 0 Å². The van der Waals surface area contributed by atoms with Crippen LogP contribution in [-0.2, 0) is 0 Å². The molecule has 0 aliphatic heterocycles. The SMILES string of the molecule is Cc1cc(F)cc(C)c1C(Br)C(C)C(C)C. The quantitative estimate of drug-likeness (QED) is 0.673. The first-order valence-electron chi connectivity index (χ1n) is 5.75. The summed E-state index contributed by atoms with van der Waals surface area (Å²) in [5.41, 5.74) is 3.31. The lowest BCUT2D eigenvalue weighted by molar-refractivity contribution is 0.413. The average Bonchev–Trinajstić information content (AvgIpc) is 2.14. The molecule has 0 spiro atoms. The number of hydrogen-bond donors (Lipinski definition) is 0. The molecule has 0 fully saturated rings. The normalized spacial score (nSPS) is 15.2. The zero-order chi connectivity index (χ0) is 12.5. The van der Waals surface area contributed by atoms with Crippen molar-refractivity contribution in [1.82, 2.24) is 0 Å². The fraction of sp³-hybridized carbons (Fsp3) is 0.571. The fourth-order valence-corrected chi connectivity index (χ4v) is 3.29. The van der Waals surface area contributed by atoms with Crippen LogP contribution in [0.3, 0.4) is 0 Å². The maximum atomic E-state index is 13.2. The van der Waals surface area contributed by atoms with Crippen molar-refractivity contribution in [3.63, 3.8) is 0 Å². The van der Waals surface area contributed by atoms with Crippen molar-refractivity contribution in [1.29, 1.82) is 0 Å². The summed E-state index contributed by atoms with van der Waals surface area (Å²) < 4.78 is 13.2. The highest BCUT2D eigenvalue weighted by Crippen LogP contribution is 2.38. The molecule has 0 saturated carbocycles. The zero-order valence-corrected chi connectivity index (χ0v) is 12.2. The molecule has 1 rings (SSSR count). The zero-order valence-electron chi connectivity index (χ0n) is 10.6. The van der Waals surface area contributed by atoms with Gasteiger partial charge in [-0.15, -0.1) is 0 Å². The molecule has 2 unspecified atom stereocenters. The van der Waals surface area contributed by atoms with Crippen molar-refractivity contribution in [2.45, 2.75) is 39.4 Å². The lowest BCUT2D eigenvalue weighted by Gasteiger charge is -2.25. The van der Waals surface area contributed by atoms with Crippen LogP contribution in [0.5, 0.6) is 0 Å². The van der Waals surface area contributed by atoms with Gasteiger partial charge in [-0.2, -0.15) is 0 Å². The molecule has 90 valence electrons. The van der Waals surface area contributed by atoms with E-state index in [-0.39, 0.29) is 5.82 Å². The summed E-state index contributed by atoms with van der Waals surface area (Å²) in [7, 11) is 0. The van der Waals surface area contributed by atoms with Crippen molar-refractivity contribution < 1.29 is 4.39 Å². The Kier molecular flexibility index (Phi) is 4.54. The largest absolute Gasteiger partial charge is 0.207 e. The molecule has 2 heteroatoms. The molecule has 1 aromatic carbocycles. The molecular formula is C14H20BrF. The van der Waals surface area contributed by atoms with Crippen molar-refractivity contribution in [3.8, 4) is 0 Å². The molecule has 0 N–H and O–H groups in total. The van der Waals surface area contributed by atoms with Gasteiger partial charge in [-0.25, -0.2) is 4.39 Å². The highest BCUT2D eigenvalue weighted by Gasteiger charge is 2.22. The first-order valence-corrected chi connectivity index (χ1v) is 6.66. The van der Waals surface area contributed by atoms with Gasteiger partial charge in [0.15, 0.2) is 0 Å². The van der Waals surface area contributed by atoms with Gasteiger partial charge in [-0.3, -0.25) is 0 Å². The van der Waals surface area contributed by atoms with E-state index in [4.69, 9.17) is 0 Å². The molecule has 0 aliphatic rings. The minimum atomic E-state index is -0.143. The van der Waals surface area contributed by atoms with Gasteiger partial charge in [0.1, 0.15) is 5.82 Å². The van der Waals surface area contributed by atoms with Crippen molar-refractivity contribution in [2.24, 2.45) is 11.8 Å². The second kappa shape index (κ2) is 5.31. The number of rotatable bonds is 3. The lowest BCUT2D eigenvalue weighted by Crippen LogP contribution is -2.12. The van der Waals surface area contributed by atoms with Crippen molar-refractivity contribution >= 4 is 15.9 Å². The Morgan fingerprint density at radius 2 is 1.50 bits per heavy atom. The van der Waals surface area contributed by atoms with Gasteiger partial charge < -0.3 is 0 Å². The van der Waals surface area contributed by atoms with Crippen LogP contribution in [0, 0.1) is 31.5 Å². The van der Waals surface area contributed by atoms with E-state index in [9.17, 15) is 4.39 Å². The van der Waals surface area contributed by atoms with E-state index in [0.29, 0.717) is 16.7 Å². The first kappa shape index (κ1) is 13.7.